The number of nitrogens with zero attached hydrogens (tertiary/aromatic N) is 2. The molecule has 0 spiro atoms. The van der Waals surface area contributed by atoms with Crippen molar-refractivity contribution in [1.29, 1.82) is 0 Å². The van der Waals surface area contributed by atoms with Crippen molar-refractivity contribution < 1.29 is 13.6 Å². The van der Waals surface area contributed by atoms with Crippen molar-refractivity contribution in [1.82, 2.24) is 15.5 Å². The second-order valence-electron chi connectivity index (χ2n) is 6.04. The molecule has 0 aliphatic heterocycles. The van der Waals surface area contributed by atoms with Gasteiger partial charge in [-0.3, -0.25) is 5.32 Å². The monoisotopic (exact) mass is 354 g/mol. The highest BCUT2D eigenvalue weighted by Gasteiger charge is 2.11. The summed E-state index contributed by atoms with van der Waals surface area (Å²) in [5.74, 6) is 0.103. The molecule has 0 unspecified atom stereocenters. The van der Waals surface area contributed by atoms with Gasteiger partial charge in [0.05, 0.1) is 6.42 Å². The number of nitrogens with one attached hydrogen (secondary N) is 2. The number of aromatic nitrogens is 2. The topological polar surface area (TPSA) is 80.0 Å². The normalized spacial score (nSPS) is 10.6. The van der Waals surface area contributed by atoms with Crippen molar-refractivity contribution in [3.8, 4) is 0 Å². The molecule has 0 aliphatic rings. The van der Waals surface area contributed by atoms with E-state index in [4.69, 9.17) is 4.42 Å². The summed E-state index contributed by atoms with van der Waals surface area (Å²) >= 11 is 0. The molecule has 7 heteroatoms. The Bertz CT molecular complexity index is 906. The molecule has 0 fully saturated rings. The van der Waals surface area contributed by atoms with E-state index in [2.05, 4.69) is 26.9 Å². The second-order valence-corrected chi connectivity index (χ2v) is 6.04. The third kappa shape index (κ3) is 4.66. The number of anilines is 1. The minimum absolute atomic E-state index is 0.0290. The fourth-order valence-electron chi connectivity index (χ4n) is 2.51. The number of rotatable bonds is 5. The van der Waals surface area contributed by atoms with Crippen LogP contribution in [0, 0.1) is 19.7 Å². The lowest BCUT2D eigenvalue weighted by molar-refractivity contribution is 0.251. The number of halogens is 1. The van der Waals surface area contributed by atoms with Crippen LogP contribution in [0.25, 0.3) is 0 Å². The molecular weight excluding hydrogens is 335 g/mol. The Hall–Kier alpha value is -3.22. The molecular formula is C19H19FN4O2. The molecule has 2 aromatic carbocycles. The largest absolute Gasteiger partial charge is 0.407 e. The summed E-state index contributed by atoms with van der Waals surface area (Å²) in [4.78, 5) is 11.9. The van der Waals surface area contributed by atoms with E-state index in [1.807, 2.05) is 26.0 Å². The number of carbonyl (C=O) groups is 1. The van der Waals surface area contributed by atoms with Gasteiger partial charge in [0, 0.05) is 6.54 Å². The van der Waals surface area contributed by atoms with Crippen molar-refractivity contribution >= 4 is 12.0 Å². The standard InChI is InChI=1S/C19H19FN4O2/c1-12-3-6-15(13(2)9-12)10-17-23-24-19(26-17)22-18(25)21-11-14-4-7-16(20)8-5-14/h3-9H,10-11H2,1-2H3,(H2,21,22,24,25). The summed E-state index contributed by atoms with van der Waals surface area (Å²) in [6, 6.07) is 11.6. The summed E-state index contributed by atoms with van der Waals surface area (Å²) in [6.45, 7) is 4.33. The van der Waals surface area contributed by atoms with Crippen LogP contribution >= 0.6 is 0 Å². The molecule has 0 saturated heterocycles. The van der Waals surface area contributed by atoms with Crippen LogP contribution in [0.4, 0.5) is 15.2 Å². The summed E-state index contributed by atoms with van der Waals surface area (Å²) < 4.78 is 18.3. The molecule has 0 saturated carbocycles. The quantitative estimate of drug-likeness (QED) is 0.731. The first-order valence-corrected chi connectivity index (χ1v) is 8.17. The van der Waals surface area contributed by atoms with Crippen LogP contribution < -0.4 is 10.6 Å². The summed E-state index contributed by atoms with van der Waals surface area (Å²) in [7, 11) is 0. The molecule has 0 aliphatic carbocycles. The maximum atomic E-state index is 12.8. The molecule has 0 radical (unpaired) electrons. The summed E-state index contributed by atoms with van der Waals surface area (Å²) in [5, 5.41) is 12.9. The molecule has 3 rings (SSSR count). The van der Waals surface area contributed by atoms with Crippen LogP contribution in [-0.4, -0.2) is 16.2 Å². The average molecular weight is 354 g/mol. The fourth-order valence-corrected chi connectivity index (χ4v) is 2.51. The molecule has 2 amide bonds. The number of hydrogen-bond donors (Lipinski definition) is 2. The van der Waals surface area contributed by atoms with E-state index in [1.54, 1.807) is 12.1 Å². The van der Waals surface area contributed by atoms with Crippen molar-refractivity contribution in [3.05, 3.63) is 76.4 Å². The lowest BCUT2D eigenvalue weighted by atomic mass is 10.0. The van der Waals surface area contributed by atoms with Gasteiger partial charge in [-0.25, -0.2) is 9.18 Å². The van der Waals surface area contributed by atoms with Gasteiger partial charge in [-0.15, -0.1) is 5.10 Å². The highest BCUT2D eigenvalue weighted by molar-refractivity contribution is 5.86. The van der Waals surface area contributed by atoms with Crippen molar-refractivity contribution in [2.45, 2.75) is 26.8 Å². The van der Waals surface area contributed by atoms with Crippen LogP contribution in [0.1, 0.15) is 28.1 Å². The summed E-state index contributed by atoms with van der Waals surface area (Å²) in [5.41, 5.74) is 4.21. The van der Waals surface area contributed by atoms with Crippen LogP contribution in [0.5, 0.6) is 0 Å². The van der Waals surface area contributed by atoms with Gasteiger partial charge in [0.2, 0.25) is 5.89 Å². The molecule has 3 aromatic rings. The maximum absolute atomic E-state index is 12.8. The Balaban J connectivity index is 1.54. The van der Waals surface area contributed by atoms with Crippen LogP contribution in [0.15, 0.2) is 46.9 Å². The van der Waals surface area contributed by atoms with Gasteiger partial charge < -0.3 is 9.73 Å². The SMILES string of the molecule is Cc1ccc(Cc2nnc(NC(=O)NCc3ccc(F)cc3)o2)c(C)c1. The number of benzene rings is 2. The molecule has 0 atom stereocenters. The van der Waals surface area contributed by atoms with Crippen molar-refractivity contribution in [2.75, 3.05) is 5.32 Å². The Morgan fingerprint density at radius 3 is 2.62 bits per heavy atom. The first-order valence-electron chi connectivity index (χ1n) is 8.17. The van der Waals surface area contributed by atoms with E-state index in [1.165, 1.54) is 17.7 Å². The van der Waals surface area contributed by atoms with E-state index < -0.39 is 6.03 Å². The fraction of sp³-hybridized carbons (Fsp3) is 0.211. The van der Waals surface area contributed by atoms with Crippen LogP contribution in [0.2, 0.25) is 0 Å². The predicted molar refractivity (Wildman–Crippen MR) is 95.3 cm³/mol. The average Bonchev–Trinajstić information content (AvgIpc) is 3.04. The van der Waals surface area contributed by atoms with Gasteiger partial charge in [0.1, 0.15) is 5.82 Å². The number of urea groups is 1. The Morgan fingerprint density at radius 1 is 1.12 bits per heavy atom. The molecule has 2 N–H and O–H groups in total. The van der Waals surface area contributed by atoms with E-state index in [-0.39, 0.29) is 18.4 Å². The molecule has 26 heavy (non-hydrogen) atoms. The smallest absolute Gasteiger partial charge is 0.323 e. The van der Waals surface area contributed by atoms with Crippen LogP contribution in [0.3, 0.4) is 0 Å². The first kappa shape index (κ1) is 17.6. The minimum Gasteiger partial charge on any atom is -0.407 e. The van der Waals surface area contributed by atoms with E-state index in [0.29, 0.717) is 12.3 Å². The molecule has 134 valence electrons. The maximum Gasteiger partial charge on any atom is 0.323 e. The van der Waals surface area contributed by atoms with E-state index in [0.717, 1.165) is 16.7 Å². The molecule has 0 bridgehead atoms. The highest BCUT2D eigenvalue weighted by atomic mass is 19.1. The highest BCUT2D eigenvalue weighted by Crippen LogP contribution is 2.16. The lowest BCUT2D eigenvalue weighted by Gasteiger charge is -2.05. The van der Waals surface area contributed by atoms with Crippen molar-refractivity contribution in [3.63, 3.8) is 0 Å². The number of carbonyl (C=O) groups excluding carboxylic acids is 1. The Labute approximate surface area is 150 Å². The van der Waals surface area contributed by atoms with Gasteiger partial charge in [0.25, 0.3) is 0 Å². The molecule has 1 heterocycles. The minimum atomic E-state index is -0.476. The van der Waals surface area contributed by atoms with E-state index in [9.17, 15) is 9.18 Å². The number of amides is 2. The lowest BCUT2D eigenvalue weighted by Crippen LogP contribution is -2.28. The van der Waals surface area contributed by atoms with Crippen molar-refractivity contribution in [2.24, 2.45) is 0 Å². The van der Waals surface area contributed by atoms with Gasteiger partial charge in [-0.2, -0.15) is 0 Å². The zero-order valence-electron chi connectivity index (χ0n) is 14.5. The van der Waals surface area contributed by atoms with Gasteiger partial charge in [0.15, 0.2) is 0 Å². The Morgan fingerprint density at radius 2 is 1.88 bits per heavy atom. The summed E-state index contributed by atoms with van der Waals surface area (Å²) in [6.07, 6.45) is 0.498. The zero-order valence-corrected chi connectivity index (χ0v) is 14.5. The predicted octanol–water partition coefficient (Wildman–Crippen LogP) is 3.74. The molecule has 1 aromatic heterocycles. The van der Waals surface area contributed by atoms with Gasteiger partial charge in [-0.1, -0.05) is 41.0 Å². The molecule has 6 nitrogen and oxygen atoms in total. The van der Waals surface area contributed by atoms with E-state index >= 15 is 0 Å². The van der Waals surface area contributed by atoms with Crippen LogP contribution in [-0.2, 0) is 13.0 Å². The zero-order chi connectivity index (χ0) is 18.5. The number of hydrogen-bond acceptors (Lipinski definition) is 4. The number of aryl methyl sites for hydroxylation is 2. The Kier molecular flexibility index (Phi) is 5.26. The first-order chi connectivity index (χ1) is 12.5. The third-order valence-electron chi connectivity index (χ3n) is 3.89. The third-order valence-corrected chi connectivity index (χ3v) is 3.89. The van der Waals surface area contributed by atoms with Gasteiger partial charge in [-0.05, 0) is 42.7 Å². The second kappa shape index (κ2) is 7.77. The van der Waals surface area contributed by atoms with Gasteiger partial charge >= 0.3 is 12.0 Å².